The number of nitrogens with zero attached hydrogens (tertiary/aromatic N) is 2. The molecule has 2 heterocycles. The van der Waals surface area contributed by atoms with Crippen LogP contribution in [0.1, 0.15) is 33.7 Å². The van der Waals surface area contributed by atoms with Gasteiger partial charge in [-0.05, 0) is 73.4 Å². The van der Waals surface area contributed by atoms with Crippen molar-refractivity contribution in [2.45, 2.75) is 37.6 Å². The second kappa shape index (κ2) is 12.3. The van der Waals surface area contributed by atoms with Gasteiger partial charge in [-0.3, -0.25) is 18.7 Å². The number of carbonyl (C=O) groups is 3. The van der Waals surface area contributed by atoms with Gasteiger partial charge in [0.2, 0.25) is 17.6 Å². The van der Waals surface area contributed by atoms with E-state index in [1.54, 1.807) is 68.4 Å². The van der Waals surface area contributed by atoms with E-state index in [-0.39, 0.29) is 22.9 Å². The van der Waals surface area contributed by atoms with Gasteiger partial charge in [-0.1, -0.05) is 41.0 Å². The van der Waals surface area contributed by atoms with E-state index in [1.807, 2.05) is 0 Å². The van der Waals surface area contributed by atoms with E-state index in [1.165, 1.54) is 18.3 Å². The van der Waals surface area contributed by atoms with Gasteiger partial charge in [0.15, 0.2) is 0 Å². The molecule has 1 aromatic heterocycles. The number of para-hydroxylation sites is 2. The predicted molar refractivity (Wildman–Crippen MR) is 162 cm³/mol. The molecule has 0 fully saturated rings. The van der Waals surface area contributed by atoms with Gasteiger partial charge in [0, 0.05) is 23.3 Å². The Morgan fingerprint density at radius 3 is 2.51 bits per heavy atom. The quantitative estimate of drug-likeness (QED) is 0.250. The molecule has 0 radical (unpaired) electrons. The lowest BCUT2D eigenvalue weighted by atomic mass is 10.1. The summed E-state index contributed by atoms with van der Waals surface area (Å²) in [6, 6.07) is 16.8. The number of hydrogen-bond acceptors (Lipinski definition) is 7. The van der Waals surface area contributed by atoms with E-state index in [0.29, 0.717) is 33.9 Å². The summed E-state index contributed by atoms with van der Waals surface area (Å²) >= 11 is 6.22. The molecule has 13 heteroatoms. The molecular formula is C30H28ClN5O6S. The minimum Gasteiger partial charge on any atom is -0.356 e. The Hall–Kier alpha value is -4.68. The van der Waals surface area contributed by atoms with Crippen molar-refractivity contribution in [2.24, 2.45) is 0 Å². The second-order valence-electron chi connectivity index (χ2n) is 10.0. The minimum absolute atomic E-state index is 0.00442. The van der Waals surface area contributed by atoms with Crippen LogP contribution >= 0.6 is 11.6 Å². The molecular weight excluding hydrogens is 594 g/mol. The summed E-state index contributed by atoms with van der Waals surface area (Å²) in [6.45, 7) is 3.58. The lowest BCUT2D eigenvalue weighted by Gasteiger charge is -2.37. The Morgan fingerprint density at radius 2 is 1.79 bits per heavy atom. The van der Waals surface area contributed by atoms with Crippen LogP contribution in [0.25, 0.3) is 0 Å². The number of nitrogens with one attached hydrogen (secondary N) is 3. The van der Waals surface area contributed by atoms with E-state index in [2.05, 4.69) is 21.1 Å². The van der Waals surface area contributed by atoms with E-state index in [0.717, 1.165) is 9.87 Å². The molecule has 0 spiro atoms. The summed E-state index contributed by atoms with van der Waals surface area (Å²) in [6.07, 6.45) is 1.45. The summed E-state index contributed by atoms with van der Waals surface area (Å²) in [5.41, 5.74) is 3.04. The Labute approximate surface area is 253 Å². The van der Waals surface area contributed by atoms with Crippen molar-refractivity contribution < 1.29 is 27.3 Å². The first-order valence-electron chi connectivity index (χ1n) is 13.3. The lowest BCUT2D eigenvalue weighted by molar-refractivity contribution is -0.125. The van der Waals surface area contributed by atoms with Crippen molar-refractivity contribution in [3.63, 3.8) is 0 Å². The fourth-order valence-corrected chi connectivity index (χ4v) is 6.89. The van der Waals surface area contributed by atoms with Crippen LogP contribution in [0.15, 0.2) is 82.3 Å². The van der Waals surface area contributed by atoms with Crippen LogP contribution in [-0.4, -0.2) is 43.9 Å². The average molecular weight is 622 g/mol. The van der Waals surface area contributed by atoms with Crippen LogP contribution in [0.5, 0.6) is 0 Å². The number of carbonyl (C=O) groups excluding carboxylic acids is 3. The highest BCUT2D eigenvalue weighted by atomic mass is 35.5. The molecule has 5 rings (SSSR count). The zero-order chi connectivity index (χ0) is 30.7. The molecule has 0 aliphatic carbocycles. The third kappa shape index (κ3) is 6.40. The Bertz CT molecular complexity index is 1790. The maximum Gasteiger partial charge on any atom is 0.294 e. The molecule has 1 atom stereocenters. The van der Waals surface area contributed by atoms with Gasteiger partial charge < -0.3 is 20.5 Å². The number of aryl methyl sites for hydroxylation is 2. The van der Waals surface area contributed by atoms with Gasteiger partial charge in [-0.25, -0.2) is 8.42 Å². The third-order valence-electron chi connectivity index (χ3n) is 6.97. The molecule has 0 unspecified atom stereocenters. The zero-order valence-corrected chi connectivity index (χ0v) is 24.8. The molecule has 0 bridgehead atoms. The number of rotatable bonds is 9. The van der Waals surface area contributed by atoms with Crippen molar-refractivity contribution >= 4 is 56.4 Å². The molecule has 3 N–H and O–H groups in total. The fourth-order valence-electron chi connectivity index (χ4n) is 4.75. The van der Waals surface area contributed by atoms with Gasteiger partial charge in [0.25, 0.3) is 15.9 Å². The van der Waals surface area contributed by atoms with Gasteiger partial charge in [-0.2, -0.15) is 0 Å². The maximum absolute atomic E-state index is 14.1. The number of hydrogen-bond donors (Lipinski definition) is 3. The summed E-state index contributed by atoms with van der Waals surface area (Å²) in [5.74, 6) is -1.43. The zero-order valence-electron chi connectivity index (χ0n) is 23.3. The summed E-state index contributed by atoms with van der Waals surface area (Å²) in [4.78, 5) is 38.3. The normalized spacial score (nSPS) is 14.5. The van der Waals surface area contributed by atoms with Crippen molar-refractivity contribution in [2.75, 3.05) is 21.5 Å². The van der Waals surface area contributed by atoms with Gasteiger partial charge in [0.05, 0.1) is 28.9 Å². The molecule has 11 nitrogen and oxygen atoms in total. The standard InChI is InChI=1S/C30H28ClN5O6S/c1-18-16-27(19(2)15-22(18)31)43(40,41)36-24-6-4-3-5-23(24)35-29(38)25(36)17-28(37)32-13-11-20-7-9-21(10-8-20)34-30(39)26-12-14-33-42-26/h3-10,12,14-16,25H,11,13,17H2,1-2H3,(H,32,37)(H,34,39)(H,35,38)/t25-/m1/s1. The molecule has 1 aliphatic heterocycles. The van der Waals surface area contributed by atoms with Crippen LogP contribution in [0.3, 0.4) is 0 Å². The molecule has 3 amide bonds. The second-order valence-corrected chi connectivity index (χ2v) is 12.2. The number of halogens is 1. The molecule has 1 aliphatic rings. The van der Waals surface area contributed by atoms with E-state index >= 15 is 0 Å². The van der Waals surface area contributed by atoms with Crippen molar-refractivity contribution in [1.29, 1.82) is 0 Å². The third-order valence-corrected chi connectivity index (χ3v) is 9.34. The van der Waals surface area contributed by atoms with E-state index < -0.39 is 40.2 Å². The van der Waals surface area contributed by atoms with E-state index in [9.17, 15) is 22.8 Å². The van der Waals surface area contributed by atoms with Crippen molar-refractivity contribution in [3.8, 4) is 0 Å². The molecule has 222 valence electrons. The molecule has 3 aromatic carbocycles. The van der Waals surface area contributed by atoms with Crippen LogP contribution in [-0.2, 0) is 26.0 Å². The minimum atomic E-state index is -4.27. The summed E-state index contributed by atoms with van der Waals surface area (Å²) in [7, 11) is -4.27. The number of sulfonamides is 1. The van der Waals surface area contributed by atoms with Gasteiger partial charge in [0.1, 0.15) is 6.04 Å². The predicted octanol–water partition coefficient (Wildman–Crippen LogP) is 4.46. The first-order chi connectivity index (χ1) is 20.5. The van der Waals surface area contributed by atoms with Crippen molar-refractivity contribution in [3.05, 3.63) is 100 Å². The Balaban J connectivity index is 1.28. The number of benzene rings is 3. The molecule has 4 aromatic rings. The fraction of sp³-hybridized carbons (Fsp3) is 0.200. The highest BCUT2D eigenvalue weighted by Crippen LogP contribution is 2.38. The monoisotopic (exact) mass is 621 g/mol. The van der Waals surface area contributed by atoms with Gasteiger partial charge in [-0.15, -0.1) is 0 Å². The van der Waals surface area contributed by atoms with E-state index in [4.69, 9.17) is 16.1 Å². The van der Waals surface area contributed by atoms with Crippen LogP contribution in [0, 0.1) is 13.8 Å². The van der Waals surface area contributed by atoms with Crippen LogP contribution < -0.4 is 20.3 Å². The smallest absolute Gasteiger partial charge is 0.294 e. The van der Waals surface area contributed by atoms with Crippen LogP contribution in [0.2, 0.25) is 5.02 Å². The van der Waals surface area contributed by atoms with Crippen LogP contribution in [0.4, 0.5) is 17.1 Å². The number of anilines is 3. The number of amides is 3. The lowest BCUT2D eigenvalue weighted by Crippen LogP contribution is -2.53. The number of aromatic nitrogens is 1. The number of fused-ring (bicyclic) bond motifs is 1. The molecule has 43 heavy (non-hydrogen) atoms. The maximum atomic E-state index is 14.1. The topological polar surface area (TPSA) is 151 Å². The molecule has 0 saturated carbocycles. The Kier molecular flexibility index (Phi) is 8.51. The Morgan fingerprint density at radius 1 is 1.05 bits per heavy atom. The summed E-state index contributed by atoms with van der Waals surface area (Å²) < 4.78 is 34.0. The highest BCUT2D eigenvalue weighted by molar-refractivity contribution is 7.93. The van der Waals surface area contributed by atoms with Gasteiger partial charge >= 0.3 is 0 Å². The highest BCUT2D eigenvalue weighted by Gasteiger charge is 2.42. The molecule has 0 saturated heterocycles. The first-order valence-corrected chi connectivity index (χ1v) is 15.1. The summed E-state index contributed by atoms with van der Waals surface area (Å²) in [5, 5.41) is 12.1. The van der Waals surface area contributed by atoms with Crippen molar-refractivity contribution in [1.82, 2.24) is 10.5 Å². The largest absolute Gasteiger partial charge is 0.356 e. The average Bonchev–Trinajstić information content (AvgIpc) is 3.51. The first kappa shape index (κ1) is 29.8. The SMILES string of the molecule is Cc1cc(S(=O)(=O)N2c3ccccc3NC(=O)[C@H]2CC(=O)NCCc2ccc(NC(=O)c3ccno3)cc2)c(C)cc1Cl.